The van der Waals surface area contributed by atoms with Gasteiger partial charge in [0.05, 0.1) is 11.1 Å². The fourth-order valence-electron chi connectivity index (χ4n) is 2.15. The van der Waals surface area contributed by atoms with Gasteiger partial charge < -0.3 is 5.32 Å². The Hall–Kier alpha value is -1.98. The van der Waals surface area contributed by atoms with Gasteiger partial charge in [0.1, 0.15) is 11.6 Å². The first-order valence-electron chi connectivity index (χ1n) is 5.61. The van der Waals surface area contributed by atoms with E-state index in [1.165, 1.54) is 0 Å². The topological polar surface area (TPSA) is 49.4 Å². The van der Waals surface area contributed by atoms with Crippen molar-refractivity contribution >= 4 is 17.6 Å². The van der Waals surface area contributed by atoms with Crippen molar-refractivity contribution in [2.75, 3.05) is 11.4 Å². The van der Waals surface area contributed by atoms with E-state index in [1.54, 1.807) is 0 Å². The summed E-state index contributed by atoms with van der Waals surface area (Å²) in [6.45, 7) is 0.296. The Morgan fingerprint density at radius 2 is 1.94 bits per heavy atom. The van der Waals surface area contributed by atoms with Gasteiger partial charge in [0.15, 0.2) is 0 Å². The normalized spacial score (nSPS) is 21.1. The van der Waals surface area contributed by atoms with Gasteiger partial charge in [-0.2, -0.15) is 0 Å². The Balaban J connectivity index is 2.03. The molecular formula is C12H10F2N2O2. The molecule has 0 radical (unpaired) electrons. The molecule has 1 aromatic rings. The Labute approximate surface area is 102 Å². The lowest BCUT2D eigenvalue weighted by Crippen LogP contribution is -2.56. The van der Waals surface area contributed by atoms with Gasteiger partial charge in [0.2, 0.25) is 5.91 Å². The predicted octanol–water partition coefficient (Wildman–Crippen LogP) is 1.80. The molecule has 3 amide bonds. The number of halogens is 2. The number of amides is 3. The standard InChI is InChI=1S/C12H10F2N2O2/c13-7-1-2-9(8(14)5-7)16-10(17)12(3-4-12)6-15-11(16)18/h1-2,5H,3-4,6H2,(H,15,18). The molecule has 1 saturated heterocycles. The van der Waals surface area contributed by atoms with Crippen LogP contribution in [0.25, 0.3) is 0 Å². The molecule has 1 aliphatic carbocycles. The van der Waals surface area contributed by atoms with E-state index in [1.807, 2.05) is 0 Å². The molecule has 0 atom stereocenters. The minimum absolute atomic E-state index is 0.204. The number of nitrogens with one attached hydrogen (secondary N) is 1. The number of nitrogens with zero attached hydrogens (tertiary/aromatic N) is 1. The van der Waals surface area contributed by atoms with Crippen LogP contribution in [0.1, 0.15) is 12.8 Å². The number of urea groups is 1. The maximum atomic E-state index is 13.6. The van der Waals surface area contributed by atoms with E-state index in [4.69, 9.17) is 0 Å². The number of carbonyl (C=O) groups is 2. The van der Waals surface area contributed by atoms with Crippen molar-refractivity contribution in [2.24, 2.45) is 5.41 Å². The second-order valence-electron chi connectivity index (χ2n) is 4.68. The first-order chi connectivity index (χ1) is 8.53. The molecule has 1 spiro atoms. The van der Waals surface area contributed by atoms with Gasteiger partial charge in [-0.25, -0.2) is 18.5 Å². The van der Waals surface area contributed by atoms with Crippen LogP contribution in [0.2, 0.25) is 0 Å². The zero-order valence-corrected chi connectivity index (χ0v) is 9.37. The fourth-order valence-corrected chi connectivity index (χ4v) is 2.15. The molecule has 6 heteroatoms. The van der Waals surface area contributed by atoms with Crippen LogP contribution < -0.4 is 10.2 Å². The molecular weight excluding hydrogens is 242 g/mol. The SMILES string of the molecule is O=C1NCC2(CC2)C(=O)N1c1ccc(F)cc1F. The van der Waals surface area contributed by atoms with Crippen LogP contribution in [-0.4, -0.2) is 18.5 Å². The Morgan fingerprint density at radius 3 is 2.56 bits per heavy atom. The monoisotopic (exact) mass is 252 g/mol. The van der Waals surface area contributed by atoms with Crippen molar-refractivity contribution in [1.29, 1.82) is 0 Å². The van der Waals surface area contributed by atoms with Crippen molar-refractivity contribution in [3.05, 3.63) is 29.8 Å². The molecule has 4 nitrogen and oxygen atoms in total. The van der Waals surface area contributed by atoms with Crippen LogP contribution >= 0.6 is 0 Å². The highest BCUT2D eigenvalue weighted by Crippen LogP contribution is 2.48. The van der Waals surface area contributed by atoms with Crippen molar-refractivity contribution in [1.82, 2.24) is 5.32 Å². The van der Waals surface area contributed by atoms with Crippen molar-refractivity contribution < 1.29 is 18.4 Å². The molecule has 18 heavy (non-hydrogen) atoms. The second-order valence-corrected chi connectivity index (χ2v) is 4.68. The van der Waals surface area contributed by atoms with Crippen LogP contribution in [0.3, 0.4) is 0 Å². The molecule has 0 bridgehead atoms. The molecule has 2 fully saturated rings. The Kier molecular flexibility index (Phi) is 2.17. The number of rotatable bonds is 1. The predicted molar refractivity (Wildman–Crippen MR) is 58.9 cm³/mol. The smallest absolute Gasteiger partial charge is 0.328 e. The average molecular weight is 252 g/mol. The number of hydrogen-bond donors (Lipinski definition) is 1. The average Bonchev–Trinajstić information content (AvgIpc) is 3.09. The van der Waals surface area contributed by atoms with E-state index in [0.29, 0.717) is 25.5 Å². The quantitative estimate of drug-likeness (QED) is 0.828. The highest BCUT2D eigenvalue weighted by Gasteiger charge is 2.56. The lowest BCUT2D eigenvalue weighted by Gasteiger charge is -2.31. The molecule has 0 aromatic heterocycles. The van der Waals surface area contributed by atoms with E-state index < -0.39 is 29.0 Å². The van der Waals surface area contributed by atoms with E-state index in [-0.39, 0.29) is 5.69 Å². The number of hydrogen-bond acceptors (Lipinski definition) is 2. The maximum absolute atomic E-state index is 13.6. The van der Waals surface area contributed by atoms with Crippen LogP contribution in [0.5, 0.6) is 0 Å². The van der Waals surface area contributed by atoms with Gasteiger partial charge >= 0.3 is 6.03 Å². The zero-order chi connectivity index (χ0) is 12.9. The molecule has 0 unspecified atom stereocenters. The zero-order valence-electron chi connectivity index (χ0n) is 9.37. The van der Waals surface area contributed by atoms with E-state index in [9.17, 15) is 18.4 Å². The third-order valence-electron chi connectivity index (χ3n) is 3.44. The molecule has 3 rings (SSSR count). The first-order valence-corrected chi connectivity index (χ1v) is 5.61. The van der Waals surface area contributed by atoms with Gasteiger partial charge in [0, 0.05) is 12.6 Å². The first kappa shape index (κ1) is 11.1. The number of anilines is 1. The summed E-state index contributed by atoms with van der Waals surface area (Å²) in [5, 5.41) is 2.56. The highest BCUT2D eigenvalue weighted by molar-refractivity contribution is 6.18. The summed E-state index contributed by atoms with van der Waals surface area (Å²) in [6.07, 6.45) is 1.37. The summed E-state index contributed by atoms with van der Waals surface area (Å²) in [4.78, 5) is 24.6. The molecule has 2 aliphatic rings. The number of imide groups is 1. The largest absolute Gasteiger partial charge is 0.336 e. The van der Waals surface area contributed by atoms with Gasteiger partial charge in [-0.1, -0.05) is 0 Å². The molecule has 1 aliphatic heterocycles. The van der Waals surface area contributed by atoms with Gasteiger partial charge in [-0.05, 0) is 25.0 Å². The highest BCUT2D eigenvalue weighted by atomic mass is 19.1. The summed E-state index contributed by atoms with van der Waals surface area (Å²) in [5.41, 5.74) is -0.778. The maximum Gasteiger partial charge on any atom is 0.328 e. The van der Waals surface area contributed by atoms with E-state index >= 15 is 0 Å². The van der Waals surface area contributed by atoms with Crippen molar-refractivity contribution in [3.8, 4) is 0 Å². The van der Waals surface area contributed by atoms with Crippen molar-refractivity contribution in [3.63, 3.8) is 0 Å². The minimum Gasteiger partial charge on any atom is -0.336 e. The summed E-state index contributed by atoms with van der Waals surface area (Å²) in [7, 11) is 0. The van der Waals surface area contributed by atoms with Gasteiger partial charge in [-0.3, -0.25) is 4.79 Å². The van der Waals surface area contributed by atoms with E-state index in [2.05, 4.69) is 5.32 Å². The summed E-state index contributed by atoms with van der Waals surface area (Å²) >= 11 is 0. The van der Waals surface area contributed by atoms with Crippen LogP contribution in [0, 0.1) is 17.0 Å². The lowest BCUT2D eigenvalue weighted by molar-refractivity contribution is -0.123. The van der Waals surface area contributed by atoms with Crippen LogP contribution in [0.15, 0.2) is 18.2 Å². The third kappa shape index (κ3) is 1.48. The molecule has 1 heterocycles. The minimum atomic E-state index is -0.920. The fraction of sp³-hybridized carbons (Fsp3) is 0.333. The summed E-state index contributed by atoms with van der Waals surface area (Å²) < 4.78 is 26.5. The number of benzene rings is 1. The molecule has 1 aromatic carbocycles. The van der Waals surface area contributed by atoms with Gasteiger partial charge in [-0.15, -0.1) is 0 Å². The number of carbonyl (C=O) groups excluding carboxylic acids is 2. The van der Waals surface area contributed by atoms with Crippen LogP contribution in [0.4, 0.5) is 19.3 Å². The molecule has 1 N–H and O–H groups in total. The van der Waals surface area contributed by atoms with Gasteiger partial charge in [0.25, 0.3) is 0 Å². The second kappa shape index (κ2) is 3.51. The molecule has 94 valence electrons. The Bertz CT molecular complexity index is 555. The summed E-state index contributed by atoms with van der Waals surface area (Å²) in [6, 6.07) is 2.11. The van der Waals surface area contributed by atoms with E-state index in [0.717, 1.165) is 17.0 Å². The lowest BCUT2D eigenvalue weighted by atomic mass is 10.0. The molecule has 1 saturated carbocycles. The van der Waals surface area contributed by atoms with Crippen LogP contribution in [-0.2, 0) is 4.79 Å². The third-order valence-corrected chi connectivity index (χ3v) is 3.44. The Morgan fingerprint density at radius 1 is 1.22 bits per heavy atom. The summed E-state index contributed by atoms with van der Waals surface area (Å²) in [5.74, 6) is -2.07. The van der Waals surface area contributed by atoms with Crippen molar-refractivity contribution in [2.45, 2.75) is 12.8 Å².